The standard InChI is InChI=1S/C13H20FN3O.HI/c1-2-3-8-16-13(15)17-9-12(18)10-6-4-5-7-11(10)14;/h4-7,12,18H,2-3,8-9H2,1H3,(H3,15,16,17);1H. The Morgan fingerprint density at radius 1 is 1.47 bits per heavy atom. The fourth-order valence-corrected chi connectivity index (χ4v) is 1.48. The van der Waals surface area contributed by atoms with Crippen LogP contribution in [0.15, 0.2) is 29.3 Å². The third-order valence-electron chi connectivity index (χ3n) is 2.54. The molecular formula is C13H21FIN3O. The lowest BCUT2D eigenvalue weighted by atomic mass is 10.1. The maximum atomic E-state index is 13.4. The van der Waals surface area contributed by atoms with Gasteiger partial charge in [0.15, 0.2) is 5.96 Å². The predicted octanol–water partition coefficient (Wildman–Crippen LogP) is 2.18. The van der Waals surface area contributed by atoms with Crippen LogP contribution in [0.25, 0.3) is 0 Å². The van der Waals surface area contributed by atoms with Gasteiger partial charge < -0.3 is 16.2 Å². The smallest absolute Gasteiger partial charge is 0.188 e. The van der Waals surface area contributed by atoms with E-state index in [1.807, 2.05) is 0 Å². The molecule has 1 rings (SSSR count). The van der Waals surface area contributed by atoms with Crippen LogP contribution in [0.3, 0.4) is 0 Å². The Kier molecular flexibility index (Phi) is 9.50. The van der Waals surface area contributed by atoms with Crippen molar-refractivity contribution in [2.75, 3.05) is 13.1 Å². The normalized spacial score (nSPS) is 12.7. The third-order valence-corrected chi connectivity index (χ3v) is 2.54. The molecular weight excluding hydrogens is 360 g/mol. The molecule has 0 aromatic heterocycles. The van der Waals surface area contributed by atoms with Gasteiger partial charge in [0.05, 0.1) is 6.54 Å². The lowest BCUT2D eigenvalue weighted by Gasteiger charge is -2.10. The minimum atomic E-state index is -0.974. The number of nitrogens with one attached hydrogen (secondary N) is 1. The first-order valence-corrected chi connectivity index (χ1v) is 6.11. The first-order valence-electron chi connectivity index (χ1n) is 6.11. The highest BCUT2D eigenvalue weighted by Crippen LogP contribution is 2.16. The van der Waals surface area contributed by atoms with Crippen LogP contribution in [0.5, 0.6) is 0 Å². The number of guanidine groups is 1. The first-order chi connectivity index (χ1) is 8.65. The van der Waals surface area contributed by atoms with Crippen LogP contribution < -0.4 is 11.1 Å². The third kappa shape index (κ3) is 6.72. The number of hydrogen-bond acceptors (Lipinski definition) is 2. The molecule has 1 aromatic rings. The summed E-state index contributed by atoms with van der Waals surface area (Å²) >= 11 is 0. The molecule has 0 aliphatic heterocycles. The molecule has 1 atom stereocenters. The Labute approximate surface area is 130 Å². The summed E-state index contributed by atoms with van der Waals surface area (Å²) in [4.78, 5) is 3.98. The number of nitrogens with two attached hydrogens (primary N) is 1. The highest BCUT2D eigenvalue weighted by Gasteiger charge is 2.11. The molecule has 1 aromatic carbocycles. The second-order valence-electron chi connectivity index (χ2n) is 4.04. The van der Waals surface area contributed by atoms with Gasteiger partial charge in [0.25, 0.3) is 0 Å². The summed E-state index contributed by atoms with van der Waals surface area (Å²) in [5.74, 6) is -0.156. The van der Waals surface area contributed by atoms with Gasteiger partial charge in [-0.1, -0.05) is 31.5 Å². The van der Waals surface area contributed by atoms with Gasteiger partial charge in [-0.05, 0) is 12.5 Å². The van der Waals surface area contributed by atoms with Crippen LogP contribution in [-0.4, -0.2) is 24.2 Å². The van der Waals surface area contributed by atoms with Gasteiger partial charge in [-0.15, -0.1) is 24.0 Å². The Balaban J connectivity index is 0.00000324. The largest absolute Gasteiger partial charge is 0.386 e. The van der Waals surface area contributed by atoms with Gasteiger partial charge in [0, 0.05) is 12.1 Å². The van der Waals surface area contributed by atoms with E-state index in [2.05, 4.69) is 17.2 Å². The van der Waals surface area contributed by atoms with Crippen molar-refractivity contribution in [3.05, 3.63) is 35.6 Å². The zero-order valence-corrected chi connectivity index (χ0v) is 13.3. The summed E-state index contributed by atoms with van der Waals surface area (Å²) in [7, 11) is 0. The highest BCUT2D eigenvalue weighted by molar-refractivity contribution is 14.0. The fraction of sp³-hybridized carbons (Fsp3) is 0.462. The number of benzene rings is 1. The SMILES string of the molecule is CCCCNC(N)=NCC(O)c1ccccc1F.I. The number of hydrogen-bond donors (Lipinski definition) is 3. The lowest BCUT2D eigenvalue weighted by molar-refractivity contribution is 0.182. The van der Waals surface area contributed by atoms with Crippen molar-refractivity contribution in [3.8, 4) is 0 Å². The van der Waals surface area contributed by atoms with Gasteiger partial charge in [-0.3, -0.25) is 4.99 Å². The van der Waals surface area contributed by atoms with Crippen molar-refractivity contribution >= 4 is 29.9 Å². The average molecular weight is 381 g/mol. The molecule has 0 fully saturated rings. The number of rotatable bonds is 6. The number of unbranched alkanes of at least 4 members (excludes halogenated alkanes) is 1. The quantitative estimate of drug-likeness (QED) is 0.306. The Morgan fingerprint density at radius 3 is 2.79 bits per heavy atom. The van der Waals surface area contributed by atoms with E-state index in [0.717, 1.165) is 19.4 Å². The summed E-state index contributed by atoms with van der Waals surface area (Å²) in [6.07, 6.45) is 1.10. The molecule has 0 radical (unpaired) electrons. The van der Waals surface area contributed by atoms with Crippen LogP contribution >= 0.6 is 24.0 Å². The lowest BCUT2D eigenvalue weighted by Crippen LogP contribution is -2.32. The van der Waals surface area contributed by atoms with Crippen molar-refractivity contribution in [2.24, 2.45) is 10.7 Å². The number of aliphatic hydroxyl groups excluding tert-OH is 1. The van der Waals surface area contributed by atoms with Gasteiger partial charge in [0.1, 0.15) is 11.9 Å². The highest BCUT2D eigenvalue weighted by atomic mass is 127. The van der Waals surface area contributed by atoms with E-state index in [4.69, 9.17) is 5.73 Å². The van der Waals surface area contributed by atoms with Gasteiger partial charge in [0.2, 0.25) is 0 Å². The van der Waals surface area contributed by atoms with E-state index < -0.39 is 11.9 Å². The van der Waals surface area contributed by atoms with Crippen molar-refractivity contribution in [3.63, 3.8) is 0 Å². The van der Waals surface area contributed by atoms with Crippen LogP contribution in [0.4, 0.5) is 4.39 Å². The number of aliphatic imine (C=N–C) groups is 1. The molecule has 4 nitrogen and oxygen atoms in total. The monoisotopic (exact) mass is 381 g/mol. The van der Waals surface area contributed by atoms with E-state index in [9.17, 15) is 9.50 Å². The number of nitrogens with zero attached hydrogens (tertiary/aromatic N) is 1. The fourth-order valence-electron chi connectivity index (χ4n) is 1.48. The Morgan fingerprint density at radius 2 is 2.16 bits per heavy atom. The van der Waals surface area contributed by atoms with Crippen LogP contribution in [0, 0.1) is 5.82 Å². The predicted molar refractivity (Wildman–Crippen MR) is 86.2 cm³/mol. The molecule has 0 bridgehead atoms. The molecule has 0 spiro atoms. The van der Waals surface area contributed by atoms with E-state index in [1.165, 1.54) is 12.1 Å². The van der Waals surface area contributed by atoms with E-state index >= 15 is 0 Å². The molecule has 1 unspecified atom stereocenters. The Hall–Kier alpha value is -0.890. The van der Waals surface area contributed by atoms with Crippen molar-refractivity contribution < 1.29 is 9.50 Å². The van der Waals surface area contributed by atoms with Crippen molar-refractivity contribution in [2.45, 2.75) is 25.9 Å². The van der Waals surface area contributed by atoms with E-state index in [-0.39, 0.29) is 42.0 Å². The molecule has 19 heavy (non-hydrogen) atoms. The molecule has 0 aliphatic carbocycles. The second kappa shape index (κ2) is 9.96. The minimum absolute atomic E-state index is 0. The van der Waals surface area contributed by atoms with Crippen LogP contribution in [0.2, 0.25) is 0 Å². The maximum absolute atomic E-state index is 13.4. The molecule has 0 amide bonds. The molecule has 0 aliphatic rings. The number of halogens is 2. The summed E-state index contributed by atoms with van der Waals surface area (Å²) in [6.45, 7) is 2.88. The van der Waals surface area contributed by atoms with Crippen LogP contribution in [0.1, 0.15) is 31.4 Å². The molecule has 0 saturated heterocycles. The van der Waals surface area contributed by atoms with Crippen LogP contribution in [-0.2, 0) is 0 Å². The minimum Gasteiger partial charge on any atom is -0.386 e. The summed E-state index contributed by atoms with van der Waals surface area (Å²) in [6, 6.07) is 6.10. The summed E-state index contributed by atoms with van der Waals surface area (Å²) in [5.41, 5.74) is 5.85. The first kappa shape index (κ1) is 18.1. The Bertz CT molecular complexity index is 401. The van der Waals surface area contributed by atoms with E-state index in [0.29, 0.717) is 0 Å². The average Bonchev–Trinajstić information content (AvgIpc) is 2.37. The summed E-state index contributed by atoms with van der Waals surface area (Å²) < 4.78 is 13.4. The van der Waals surface area contributed by atoms with E-state index in [1.54, 1.807) is 12.1 Å². The van der Waals surface area contributed by atoms with Gasteiger partial charge in [-0.25, -0.2) is 4.39 Å². The van der Waals surface area contributed by atoms with Crippen molar-refractivity contribution in [1.29, 1.82) is 0 Å². The second-order valence-corrected chi connectivity index (χ2v) is 4.04. The van der Waals surface area contributed by atoms with Gasteiger partial charge >= 0.3 is 0 Å². The topological polar surface area (TPSA) is 70.6 Å². The molecule has 108 valence electrons. The maximum Gasteiger partial charge on any atom is 0.188 e. The number of aliphatic hydroxyl groups is 1. The zero-order valence-electron chi connectivity index (χ0n) is 11.0. The summed E-state index contributed by atoms with van der Waals surface area (Å²) in [5, 5.41) is 12.7. The molecule has 0 heterocycles. The molecule has 6 heteroatoms. The van der Waals surface area contributed by atoms with Gasteiger partial charge in [-0.2, -0.15) is 0 Å². The molecule has 0 saturated carbocycles. The molecule has 4 N–H and O–H groups in total. The van der Waals surface area contributed by atoms with Crippen molar-refractivity contribution in [1.82, 2.24) is 5.32 Å². The zero-order chi connectivity index (χ0) is 13.4.